The molecule has 0 spiro atoms. The molecule has 0 radical (unpaired) electrons. The predicted octanol–water partition coefficient (Wildman–Crippen LogP) is 2.35. The highest BCUT2D eigenvalue weighted by atomic mass is 16.3. The number of likely N-dealkylation sites (tertiary alicyclic amines) is 1. The zero-order chi connectivity index (χ0) is 14.4. The summed E-state index contributed by atoms with van der Waals surface area (Å²) in [6, 6.07) is 0. The van der Waals surface area contributed by atoms with E-state index in [0.29, 0.717) is 31.6 Å². The number of carbonyl (C=O) groups is 2. The lowest BCUT2D eigenvalue weighted by Crippen LogP contribution is -2.35. The zero-order valence-electron chi connectivity index (χ0n) is 12.4. The first kappa shape index (κ1) is 16.2. The standard InChI is InChI=1S/C15H27NO3/c1-4-12(17)8-6-5-7-9-16-14(18)10-13(11(2)3)15(16)19/h11,13-14,18H,4-10H2,1-3H3. The molecule has 2 atom stereocenters. The maximum atomic E-state index is 12.1. The molecule has 4 nitrogen and oxygen atoms in total. The smallest absolute Gasteiger partial charge is 0.228 e. The van der Waals surface area contributed by atoms with Crippen LogP contribution in [0.3, 0.4) is 0 Å². The number of aliphatic hydroxyl groups is 1. The molecule has 1 aliphatic rings. The predicted molar refractivity (Wildman–Crippen MR) is 74.4 cm³/mol. The topological polar surface area (TPSA) is 57.6 Å². The van der Waals surface area contributed by atoms with Crippen molar-refractivity contribution >= 4 is 11.7 Å². The number of ketones is 1. The van der Waals surface area contributed by atoms with E-state index >= 15 is 0 Å². The fourth-order valence-electron chi connectivity index (χ4n) is 2.59. The van der Waals surface area contributed by atoms with Crippen LogP contribution in [0.4, 0.5) is 0 Å². The van der Waals surface area contributed by atoms with E-state index in [1.165, 1.54) is 0 Å². The second-order valence-corrected chi connectivity index (χ2v) is 5.80. The molecular weight excluding hydrogens is 242 g/mol. The van der Waals surface area contributed by atoms with Crippen molar-refractivity contribution in [3.05, 3.63) is 0 Å². The van der Waals surface area contributed by atoms with Crippen molar-refractivity contribution in [2.45, 2.75) is 65.5 Å². The van der Waals surface area contributed by atoms with Crippen LogP contribution in [0.2, 0.25) is 0 Å². The Morgan fingerprint density at radius 3 is 2.58 bits per heavy atom. The Balaban J connectivity index is 2.26. The van der Waals surface area contributed by atoms with Gasteiger partial charge in [0.05, 0.1) is 0 Å². The molecule has 0 bridgehead atoms. The molecule has 0 aliphatic carbocycles. The van der Waals surface area contributed by atoms with E-state index in [0.717, 1.165) is 19.3 Å². The summed E-state index contributed by atoms with van der Waals surface area (Å²) in [6.45, 7) is 6.54. The highest BCUT2D eigenvalue weighted by molar-refractivity contribution is 5.81. The Morgan fingerprint density at radius 2 is 2.05 bits per heavy atom. The fourth-order valence-corrected chi connectivity index (χ4v) is 2.59. The van der Waals surface area contributed by atoms with E-state index in [-0.39, 0.29) is 17.7 Å². The Bertz CT molecular complexity index is 315. The first-order valence-corrected chi connectivity index (χ1v) is 7.47. The van der Waals surface area contributed by atoms with E-state index in [1.807, 2.05) is 20.8 Å². The molecule has 1 saturated heterocycles. The molecule has 2 unspecified atom stereocenters. The third kappa shape index (κ3) is 4.60. The van der Waals surface area contributed by atoms with E-state index < -0.39 is 6.23 Å². The Labute approximate surface area is 116 Å². The molecule has 0 saturated carbocycles. The van der Waals surface area contributed by atoms with Crippen molar-refractivity contribution in [1.82, 2.24) is 4.90 Å². The minimum absolute atomic E-state index is 0.0309. The van der Waals surface area contributed by atoms with Crippen molar-refractivity contribution in [2.75, 3.05) is 6.54 Å². The van der Waals surface area contributed by atoms with Gasteiger partial charge in [0.25, 0.3) is 0 Å². The quantitative estimate of drug-likeness (QED) is 0.688. The number of unbranched alkanes of at least 4 members (excludes halogenated alkanes) is 2. The number of hydrogen-bond donors (Lipinski definition) is 1. The number of carbonyl (C=O) groups excluding carboxylic acids is 2. The maximum absolute atomic E-state index is 12.1. The molecule has 19 heavy (non-hydrogen) atoms. The average molecular weight is 269 g/mol. The van der Waals surface area contributed by atoms with Gasteiger partial charge in [-0.2, -0.15) is 0 Å². The van der Waals surface area contributed by atoms with Crippen LogP contribution in [-0.2, 0) is 9.59 Å². The van der Waals surface area contributed by atoms with Crippen molar-refractivity contribution in [1.29, 1.82) is 0 Å². The Morgan fingerprint density at radius 1 is 1.37 bits per heavy atom. The van der Waals surface area contributed by atoms with Gasteiger partial charge in [-0.25, -0.2) is 0 Å². The van der Waals surface area contributed by atoms with Crippen LogP contribution < -0.4 is 0 Å². The second-order valence-electron chi connectivity index (χ2n) is 5.80. The minimum Gasteiger partial charge on any atom is -0.373 e. The highest BCUT2D eigenvalue weighted by Gasteiger charge is 2.39. The second kappa shape index (κ2) is 7.63. The SMILES string of the molecule is CCC(=O)CCCCCN1C(=O)C(C(C)C)CC1O. The van der Waals surface area contributed by atoms with Crippen molar-refractivity contribution in [2.24, 2.45) is 11.8 Å². The van der Waals surface area contributed by atoms with Crippen LogP contribution >= 0.6 is 0 Å². The van der Waals surface area contributed by atoms with E-state index in [2.05, 4.69) is 0 Å². The highest BCUT2D eigenvalue weighted by Crippen LogP contribution is 2.29. The lowest BCUT2D eigenvalue weighted by Gasteiger charge is -2.20. The summed E-state index contributed by atoms with van der Waals surface area (Å²) in [7, 11) is 0. The average Bonchev–Trinajstić information content (AvgIpc) is 2.65. The summed E-state index contributed by atoms with van der Waals surface area (Å²) in [6.07, 6.45) is 3.89. The van der Waals surface area contributed by atoms with Crippen molar-refractivity contribution < 1.29 is 14.7 Å². The monoisotopic (exact) mass is 269 g/mol. The molecule has 1 fully saturated rings. The molecule has 1 aliphatic heterocycles. The largest absolute Gasteiger partial charge is 0.373 e. The first-order valence-electron chi connectivity index (χ1n) is 7.47. The molecular formula is C15H27NO3. The van der Waals surface area contributed by atoms with Gasteiger partial charge < -0.3 is 10.0 Å². The lowest BCUT2D eigenvalue weighted by molar-refractivity contribution is -0.136. The van der Waals surface area contributed by atoms with Crippen molar-refractivity contribution in [3.8, 4) is 0 Å². The van der Waals surface area contributed by atoms with Gasteiger partial charge in [0, 0.05) is 31.7 Å². The third-order valence-electron chi connectivity index (χ3n) is 3.98. The van der Waals surface area contributed by atoms with Gasteiger partial charge in [0.15, 0.2) is 0 Å². The van der Waals surface area contributed by atoms with Crippen LogP contribution in [0.1, 0.15) is 59.3 Å². The van der Waals surface area contributed by atoms with Gasteiger partial charge >= 0.3 is 0 Å². The first-order chi connectivity index (χ1) is 8.97. The number of rotatable bonds is 8. The van der Waals surface area contributed by atoms with E-state index in [1.54, 1.807) is 4.90 Å². The summed E-state index contributed by atoms with van der Waals surface area (Å²) >= 11 is 0. The van der Waals surface area contributed by atoms with Crippen LogP contribution in [0.15, 0.2) is 0 Å². The van der Waals surface area contributed by atoms with Crippen LogP contribution in [-0.4, -0.2) is 34.5 Å². The number of hydrogen-bond acceptors (Lipinski definition) is 3. The van der Waals surface area contributed by atoms with Gasteiger partial charge in [0.2, 0.25) is 5.91 Å². The minimum atomic E-state index is -0.614. The number of Topliss-reactive ketones (excluding diaryl/α,β-unsaturated/α-hetero) is 1. The number of nitrogens with zero attached hydrogens (tertiary/aromatic N) is 1. The normalized spacial score (nSPS) is 23.4. The fraction of sp³-hybridized carbons (Fsp3) is 0.867. The molecule has 110 valence electrons. The zero-order valence-corrected chi connectivity index (χ0v) is 12.4. The van der Waals surface area contributed by atoms with Gasteiger partial charge in [-0.15, -0.1) is 0 Å². The third-order valence-corrected chi connectivity index (χ3v) is 3.98. The Kier molecular flexibility index (Phi) is 6.49. The maximum Gasteiger partial charge on any atom is 0.228 e. The Hall–Kier alpha value is -0.900. The summed E-state index contributed by atoms with van der Waals surface area (Å²) < 4.78 is 0. The molecule has 4 heteroatoms. The van der Waals surface area contributed by atoms with Gasteiger partial charge in [0.1, 0.15) is 12.0 Å². The number of amides is 1. The molecule has 0 aromatic rings. The van der Waals surface area contributed by atoms with Crippen molar-refractivity contribution in [3.63, 3.8) is 0 Å². The molecule has 1 amide bonds. The molecule has 0 aromatic heterocycles. The van der Waals surface area contributed by atoms with Gasteiger partial charge in [-0.05, 0) is 18.8 Å². The van der Waals surface area contributed by atoms with Gasteiger partial charge in [-0.1, -0.05) is 27.2 Å². The molecule has 1 N–H and O–H groups in total. The van der Waals surface area contributed by atoms with E-state index in [9.17, 15) is 14.7 Å². The van der Waals surface area contributed by atoms with Crippen LogP contribution in [0.5, 0.6) is 0 Å². The number of aliphatic hydroxyl groups excluding tert-OH is 1. The summed E-state index contributed by atoms with van der Waals surface area (Å²) in [5, 5.41) is 9.91. The summed E-state index contributed by atoms with van der Waals surface area (Å²) in [5.74, 6) is 0.648. The van der Waals surface area contributed by atoms with E-state index in [4.69, 9.17) is 0 Å². The summed E-state index contributed by atoms with van der Waals surface area (Å²) in [5.41, 5.74) is 0. The van der Waals surface area contributed by atoms with Crippen LogP contribution in [0.25, 0.3) is 0 Å². The molecule has 1 heterocycles. The lowest BCUT2D eigenvalue weighted by atomic mass is 9.94. The molecule has 0 aromatic carbocycles. The van der Waals surface area contributed by atoms with Crippen LogP contribution in [0, 0.1) is 11.8 Å². The molecule has 1 rings (SSSR count). The summed E-state index contributed by atoms with van der Waals surface area (Å²) in [4.78, 5) is 24.8. The van der Waals surface area contributed by atoms with Gasteiger partial charge in [-0.3, -0.25) is 9.59 Å².